The lowest BCUT2D eigenvalue weighted by Gasteiger charge is -2.26. The van der Waals surface area contributed by atoms with Crippen molar-refractivity contribution in [2.45, 2.75) is 18.9 Å². The van der Waals surface area contributed by atoms with Crippen molar-refractivity contribution in [1.82, 2.24) is 19.9 Å². The number of hydrogen-bond donors (Lipinski definition) is 1. The molecule has 0 aliphatic carbocycles. The number of anilines is 1. The fourth-order valence-corrected chi connectivity index (χ4v) is 3.39. The highest BCUT2D eigenvalue weighted by Crippen LogP contribution is 2.30. The van der Waals surface area contributed by atoms with Gasteiger partial charge in [0.1, 0.15) is 17.9 Å². The van der Waals surface area contributed by atoms with Gasteiger partial charge in [0.15, 0.2) is 11.5 Å². The highest BCUT2D eigenvalue weighted by atomic mass is 35.5. The molecule has 1 unspecified atom stereocenters. The summed E-state index contributed by atoms with van der Waals surface area (Å²) in [4.78, 5) is 18.0. The Labute approximate surface area is 148 Å². The van der Waals surface area contributed by atoms with Gasteiger partial charge in [0, 0.05) is 6.54 Å². The van der Waals surface area contributed by atoms with Crippen LogP contribution in [0.15, 0.2) is 30.6 Å². The lowest BCUT2D eigenvalue weighted by atomic mass is 10.2. The van der Waals surface area contributed by atoms with E-state index in [1.165, 1.54) is 0 Å². The second-order valence-electron chi connectivity index (χ2n) is 5.65. The highest BCUT2D eigenvalue weighted by molar-refractivity contribution is 6.32. The summed E-state index contributed by atoms with van der Waals surface area (Å²) in [5.41, 5.74) is 1.37. The molecule has 1 aliphatic heterocycles. The molecule has 4 rings (SSSR count). The number of fused-ring (bicyclic) bond motifs is 1. The highest BCUT2D eigenvalue weighted by Gasteiger charge is 2.29. The van der Waals surface area contributed by atoms with Gasteiger partial charge >= 0.3 is 0 Å². The quantitative estimate of drug-likeness (QED) is 0.715. The molecule has 0 radical (unpaired) electrons. The Kier molecular flexibility index (Phi) is 4.16. The average molecular weight is 364 g/mol. The molecule has 0 amide bonds. The second-order valence-corrected chi connectivity index (χ2v) is 6.39. The first-order valence-electron chi connectivity index (χ1n) is 7.73. The molecule has 0 spiro atoms. The van der Waals surface area contributed by atoms with Crippen molar-refractivity contribution in [3.05, 3.63) is 40.9 Å². The van der Waals surface area contributed by atoms with E-state index in [0.29, 0.717) is 23.0 Å². The van der Waals surface area contributed by atoms with E-state index in [9.17, 15) is 0 Å². The van der Waals surface area contributed by atoms with Gasteiger partial charge in [0.25, 0.3) is 0 Å². The van der Waals surface area contributed by atoms with E-state index in [2.05, 4.69) is 24.8 Å². The van der Waals surface area contributed by atoms with Gasteiger partial charge in [-0.3, -0.25) is 0 Å². The zero-order valence-corrected chi connectivity index (χ0v) is 14.3. The monoisotopic (exact) mass is 363 g/mol. The number of nitrogens with zero attached hydrogens (tertiary/aromatic N) is 4. The molecule has 1 aliphatic rings. The number of para-hydroxylation sites is 1. The van der Waals surface area contributed by atoms with Crippen LogP contribution in [0.1, 0.15) is 12.8 Å². The van der Waals surface area contributed by atoms with Crippen molar-refractivity contribution in [2.24, 2.45) is 0 Å². The maximum Gasteiger partial charge on any atom is 0.226 e. The van der Waals surface area contributed by atoms with E-state index in [4.69, 9.17) is 27.9 Å². The number of hydrogen-bond acceptors (Lipinski definition) is 5. The number of nitrogens with one attached hydrogen (secondary N) is 1. The normalized spacial score (nSPS) is 17.6. The number of aromatic amines is 1. The molecule has 2 aromatic heterocycles. The zero-order chi connectivity index (χ0) is 16.5. The van der Waals surface area contributed by atoms with Crippen LogP contribution in [-0.2, 0) is 0 Å². The van der Waals surface area contributed by atoms with Crippen LogP contribution in [-0.4, -0.2) is 39.1 Å². The average Bonchev–Trinajstić information content (AvgIpc) is 3.22. The van der Waals surface area contributed by atoms with Crippen molar-refractivity contribution in [3.63, 3.8) is 0 Å². The van der Waals surface area contributed by atoms with E-state index < -0.39 is 0 Å². The minimum absolute atomic E-state index is 0.193. The van der Waals surface area contributed by atoms with Gasteiger partial charge in [-0.05, 0) is 36.6 Å². The summed E-state index contributed by atoms with van der Waals surface area (Å²) < 4.78 is 5.92. The molecule has 1 atom stereocenters. The summed E-state index contributed by atoms with van der Waals surface area (Å²) in [5, 5.41) is 0.811. The maximum absolute atomic E-state index is 6.16. The number of H-pyrrole nitrogens is 1. The summed E-state index contributed by atoms with van der Waals surface area (Å²) in [6.45, 7) is 1.42. The van der Waals surface area contributed by atoms with Crippen LogP contribution in [0.5, 0.6) is 5.75 Å². The lowest BCUT2D eigenvalue weighted by molar-refractivity contribution is 0.288. The summed E-state index contributed by atoms with van der Waals surface area (Å²) >= 11 is 12.2. The van der Waals surface area contributed by atoms with Crippen molar-refractivity contribution in [1.29, 1.82) is 0 Å². The second kappa shape index (κ2) is 6.45. The largest absolute Gasteiger partial charge is 0.490 e. The molecule has 3 heterocycles. The predicted molar refractivity (Wildman–Crippen MR) is 94.0 cm³/mol. The number of halogens is 2. The Morgan fingerprint density at radius 1 is 1.25 bits per heavy atom. The summed E-state index contributed by atoms with van der Waals surface area (Å²) in [5.74, 6) is 1.46. The molecule has 0 saturated carbocycles. The number of ether oxygens (including phenoxy) is 1. The van der Waals surface area contributed by atoms with Crippen LogP contribution in [0.25, 0.3) is 11.2 Å². The molecule has 3 aromatic rings. The van der Waals surface area contributed by atoms with Gasteiger partial charge in [-0.25, -0.2) is 4.98 Å². The molecular formula is C16H15Cl2N5O. The molecule has 0 bridgehead atoms. The minimum Gasteiger partial charge on any atom is -0.490 e. The Morgan fingerprint density at radius 2 is 2.12 bits per heavy atom. The number of rotatable bonds is 4. The first-order chi connectivity index (χ1) is 11.7. The molecule has 1 saturated heterocycles. The van der Waals surface area contributed by atoms with Crippen LogP contribution >= 0.6 is 23.2 Å². The first-order valence-corrected chi connectivity index (χ1v) is 8.48. The Hall–Kier alpha value is -2.05. The Morgan fingerprint density at radius 3 is 3.00 bits per heavy atom. The standard InChI is InChI=1S/C16H15Cl2N5O/c17-11-5-1-2-6-12(11)24-8-10-4-3-7-23(10)15-13-14(20-9-19-13)21-16(18)22-15/h1-2,5-6,9-10H,3-4,7-8H2,(H,19,20,21,22). The van der Waals surface area contributed by atoms with E-state index in [1.54, 1.807) is 6.33 Å². The minimum atomic E-state index is 0.193. The van der Waals surface area contributed by atoms with Crippen LogP contribution in [0.4, 0.5) is 5.82 Å². The lowest BCUT2D eigenvalue weighted by Crippen LogP contribution is -2.35. The van der Waals surface area contributed by atoms with Crippen molar-refractivity contribution in [3.8, 4) is 5.75 Å². The van der Waals surface area contributed by atoms with E-state index in [1.807, 2.05) is 24.3 Å². The van der Waals surface area contributed by atoms with Crippen LogP contribution in [0.3, 0.4) is 0 Å². The summed E-state index contributed by atoms with van der Waals surface area (Å²) in [7, 11) is 0. The molecule has 1 N–H and O–H groups in total. The SMILES string of the molecule is Clc1nc(N2CCCC2COc2ccccc2Cl)c2[nH]cnc2n1. The molecule has 124 valence electrons. The number of benzene rings is 1. The molecule has 6 nitrogen and oxygen atoms in total. The van der Waals surface area contributed by atoms with Gasteiger partial charge in [0.05, 0.1) is 17.4 Å². The van der Waals surface area contributed by atoms with E-state index in [-0.39, 0.29) is 11.3 Å². The van der Waals surface area contributed by atoms with Crippen molar-refractivity contribution >= 4 is 40.2 Å². The van der Waals surface area contributed by atoms with Crippen molar-refractivity contribution < 1.29 is 4.74 Å². The molecule has 1 aromatic carbocycles. The van der Waals surface area contributed by atoms with Crippen LogP contribution in [0, 0.1) is 0 Å². The van der Waals surface area contributed by atoms with Gasteiger partial charge in [-0.2, -0.15) is 9.97 Å². The summed E-state index contributed by atoms with van der Waals surface area (Å²) in [6.07, 6.45) is 3.68. The molecular weight excluding hydrogens is 349 g/mol. The maximum atomic E-state index is 6.16. The third-order valence-corrected chi connectivity index (χ3v) is 4.64. The Bertz CT molecular complexity index is 869. The van der Waals surface area contributed by atoms with Gasteiger partial charge < -0.3 is 14.6 Å². The smallest absolute Gasteiger partial charge is 0.226 e. The van der Waals surface area contributed by atoms with Crippen molar-refractivity contribution in [2.75, 3.05) is 18.1 Å². The molecule has 1 fully saturated rings. The fourth-order valence-electron chi connectivity index (χ4n) is 3.04. The fraction of sp³-hybridized carbons (Fsp3) is 0.312. The Balaban J connectivity index is 1.58. The number of imidazole rings is 1. The van der Waals surface area contributed by atoms with E-state index in [0.717, 1.165) is 30.7 Å². The van der Waals surface area contributed by atoms with Gasteiger partial charge in [-0.1, -0.05) is 23.7 Å². The first kappa shape index (κ1) is 15.5. The third-order valence-electron chi connectivity index (χ3n) is 4.16. The molecule has 8 heteroatoms. The third kappa shape index (κ3) is 2.87. The summed E-state index contributed by atoms with van der Waals surface area (Å²) in [6, 6.07) is 7.68. The van der Waals surface area contributed by atoms with Gasteiger partial charge in [-0.15, -0.1) is 0 Å². The van der Waals surface area contributed by atoms with Gasteiger partial charge in [0.2, 0.25) is 5.28 Å². The molecule has 24 heavy (non-hydrogen) atoms. The predicted octanol–water partition coefficient (Wildman–Crippen LogP) is 3.71. The number of aromatic nitrogens is 4. The topological polar surface area (TPSA) is 66.9 Å². The van der Waals surface area contributed by atoms with Crippen LogP contribution in [0.2, 0.25) is 10.3 Å². The van der Waals surface area contributed by atoms with Crippen LogP contribution < -0.4 is 9.64 Å². The van der Waals surface area contributed by atoms with E-state index >= 15 is 0 Å². The zero-order valence-electron chi connectivity index (χ0n) is 12.7.